The molecule has 0 aliphatic heterocycles. The molecule has 0 saturated heterocycles. The Morgan fingerprint density at radius 1 is 1.38 bits per heavy atom. The Morgan fingerprint density at radius 3 is 2.52 bits per heavy atom. The lowest BCUT2D eigenvalue weighted by atomic mass is 9.75. The van der Waals surface area contributed by atoms with Crippen LogP contribution in [0.25, 0.3) is 0 Å². The van der Waals surface area contributed by atoms with Gasteiger partial charge in [0.15, 0.2) is 0 Å². The molecule has 1 fully saturated rings. The molecule has 3 N–H and O–H groups in total. The van der Waals surface area contributed by atoms with Gasteiger partial charge in [-0.2, -0.15) is 0 Å². The molecule has 3 nitrogen and oxygen atoms in total. The van der Waals surface area contributed by atoms with E-state index in [0.717, 1.165) is 37.2 Å². The molecule has 0 unspecified atom stereocenters. The van der Waals surface area contributed by atoms with Crippen LogP contribution in [-0.2, 0) is 0 Å². The highest BCUT2D eigenvalue weighted by Gasteiger charge is 2.39. The molecule has 0 spiro atoms. The van der Waals surface area contributed by atoms with Gasteiger partial charge in [-0.3, -0.25) is 4.79 Å². The number of thiocarbonyl (C=S) groups is 1. The predicted molar refractivity (Wildman–Crippen MR) is 90.4 cm³/mol. The van der Waals surface area contributed by atoms with Crippen LogP contribution in [0.3, 0.4) is 0 Å². The second kappa shape index (κ2) is 6.56. The van der Waals surface area contributed by atoms with E-state index in [1.807, 2.05) is 31.2 Å². The van der Waals surface area contributed by atoms with Crippen molar-refractivity contribution in [1.82, 2.24) is 5.32 Å². The fraction of sp³-hybridized carbons (Fsp3) is 0.529. The molecule has 4 heteroatoms. The van der Waals surface area contributed by atoms with Crippen molar-refractivity contribution in [3.8, 4) is 0 Å². The summed E-state index contributed by atoms with van der Waals surface area (Å²) in [5.74, 6) is 0.652. The molecule has 21 heavy (non-hydrogen) atoms. The average molecular weight is 304 g/mol. The van der Waals surface area contributed by atoms with Crippen molar-refractivity contribution in [3.63, 3.8) is 0 Å². The molecule has 1 aliphatic carbocycles. The minimum Gasteiger partial charge on any atom is -0.391 e. The summed E-state index contributed by atoms with van der Waals surface area (Å²) in [4.78, 5) is 13.0. The van der Waals surface area contributed by atoms with Crippen molar-refractivity contribution in [3.05, 3.63) is 35.4 Å². The van der Waals surface area contributed by atoms with Gasteiger partial charge in [-0.1, -0.05) is 43.8 Å². The maximum absolute atomic E-state index is 12.6. The van der Waals surface area contributed by atoms with E-state index in [2.05, 4.69) is 12.2 Å². The topological polar surface area (TPSA) is 55.1 Å². The third kappa shape index (κ3) is 3.43. The third-order valence-electron chi connectivity index (χ3n) is 4.75. The lowest BCUT2D eigenvalue weighted by molar-refractivity contribution is 0.0897. The Balaban J connectivity index is 2.16. The van der Waals surface area contributed by atoms with Crippen LogP contribution in [0.2, 0.25) is 0 Å². The summed E-state index contributed by atoms with van der Waals surface area (Å²) >= 11 is 5.27. The number of nitrogens with two attached hydrogens (primary N) is 1. The Hall–Kier alpha value is -1.42. The molecule has 0 radical (unpaired) electrons. The van der Waals surface area contributed by atoms with Crippen LogP contribution in [0.15, 0.2) is 24.3 Å². The number of hydrogen-bond donors (Lipinski definition) is 2. The van der Waals surface area contributed by atoms with E-state index in [4.69, 9.17) is 18.0 Å². The van der Waals surface area contributed by atoms with E-state index in [9.17, 15) is 4.79 Å². The first-order valence-corrected chi connectivity index (χ1v) is 8.07. The van der Waals surface area contributed by atoms with Gasteiger partial charge in [-0.05, 0) is 50.2 Å². The molecule has 2 rings (SSSR count). The lowest BCUT2D eigenvalue weighted by Crippen LogP contribution is -2.58. The fourth-order valence-corrected chi connectivity index (χ4v) is 3.38. The Morgan fingerprint density at radius 2 is 2.00 bits per heavy atom. The SMILES string of the molecule is CCC1CCC(NC(=O)c2ccccc2C)(C(N)=S)CC1. The van der Waals surface area contributed by atoms with Crippen molar-refractivity contribution < 1.29 is 4.79 Å². The Bertz CT molecular complexity index is 533. The molecule has 114 valence electrons. The lowest BCUT2D eigenvalue weighted by Gasteiger charge is -2.40. The van der Waals surface area contributed by atoms with Crippen LogP contribution >= 0.6 is 12.2 Å². The van der Waals surface area contributed by atoms with Crippen molar-refractivity contribution in [2.24, 2.45) is 11.7 Å². The summed E-state index contributed by atoms with van der Waals surface area (Å²) < 4.78 is 0. The molecule has 1 aromatic rings. The molecule has 0 atom stereocenters. The highest BCUT2D eigenvalue weighted by atomic mass is 32.1. The first kappa shape index (κ1) is 16.0. The molecule has 1 aromatic carbocycles. The molecule has 1 saturated carbocycles. The third-order valence-corrected chi connectivity index (χ3v) is 5.14. The molecule has 0 heterocycles. The summed E-state index contributed by atoms with van der Waals surface area (Å²) in [7, 11) is 0. The molecule has 0 aromatic heterocycles. The number of rotatable bonds is 4. The van der Waals surface area contributed by atoms with Crippen molar-refractivity contribution in [1.29, 1.82) is 0 Å². The molecule has 0 bridgehead atoms. The van der Waals surface area contributed by atoms with Gasteiger partial charge >= 0.3 is 0 Å². The summed E-state index contributed by atoms with van der Waals surface area (Å²) in [6, 6.07) is 7.59. The smallest absolute Gasteiger partial charge is 0.252 e. The number of nitrogens with one attached hydrogen (secondary N) is 1. The van der Waals surface area contributed by atoms with Crippen LogP contribution in [0.4, 0.5) is 0 Å². The van der Waals surface area contributed by atoms with Crippen molar-refractivity contribution >= 4 is 23.1 Å². The van der Waals surface area contributed by atoms with Gasteiger partial charge in [-0.15, -0.1) is 0 Å². The van der Waals surface area contributed by atoms with E-state index in [0.29, 0.717) is 10.6 Å². The number of amides is 1. The predicted octanol–water partition coefficient (Wildman–Crippen LogP) is 3.35. The van der Waals surface area contributed by atoms with E-state index in [1.54, 1.807) is 0 Å². The maximum Gasteiger partial charge on any atom is 0.252 e. The number of carbonyl (C=O) groups excluding carboxylic acids is 1. The maximum atomic E-state index is 12.6. The minimum atomic E-state index is -0.514. The first-order valence-electron chi connectivity index (χ1n) is 7.66. The zero-order valence-electron chi connectivity index (χ0n) is 12.8. The van der Waals surface area contributed by atoms with E-state index < -0.39 is 5.54 Å². The van der Waals surface area contributed by atoms with Crippen molar-refractivity contribution in [2.45, 2.75) is 51.5 Å². The molecule has 1 aliphatic rings. The zero-order chi connectivity index (χ0) is 15.5. The first-order chi connectivity index (χ1) is 9.98. The standard InChI is InChI=1S/C17H24N2OS/c1-3-13-8-10-17(11-9-13,16(18)21)19-15(20)14-7-5-4-6-12(14)2/h4-7,13H,3,8-11H2,1-2H3,(H2,18,21)(H,19,20). The summed E-state index contributed by atoms with van der Waals surface area (Å²) in [6.45, 7) is 4.15. The monoisotopic (exact) mass is 304 g/mol. The van der Waals surface area contributed by atoms with Crippen LogP contribution in [0, 0.1) is 12.8 Å². The molecule has 1 amide bonds. The highest BCUT2D eigenvalue weighted by molar-refractivity contribution is 7.80. The molecular formula is C17H24N2OS. The van der Waals surface area contributed by atoms with Gasteiger partial charge in [-0.25, -0.2) is 0 Å². The summed E-state index contributed by atoms with van der Waals surface area (Å²) in [5, 5.41) is 3.13. The van der Waals surface area contributed by atoms with Gasteiger partial charge in [0.25, 0.3) is 5.91 Å². The number of carbonyl (C=O) groups is 1. The van der Waals surface area contributed by atoms with Gasteiger partial charge in [0.2, 0.25) is 0 Å². The second-order valence-corrected chi connectivity index (χ2v) is 6.51. The van der Waals surface area contributed by atoms with E-state index >= 15 is 0 Å². The minimum absolute atomic E-state index is 0.0733. The van der Waals surface area contributed by atoms with E-state index in [-0.39, 0.29) is 5.91 Å². The molecular weight excluding hydrogens is 280 g/mol. The van der Waals surface area contributed by atoms with Crippen LogP contribution in [0.5, 0.6) is 0 Å². The number of benzene rings is 1. The zero-order valence-corrected chi connectivity index (χ0v) is 13.6. The summed E-state index contributed by atoms with van der Waals surface area (Å²) in [5.41, 5.74) is 7.12. The Labute approximate surface area is 132 Å². The average Bonchev–Trinajstić information content (AvgIpc) is 2.48. The quantitative estimate of drug-likeness (QED) is 0.839. The van der Waals surface area contributed by atoms with Gasteiger partial charge in [0.05, 0.1) is 10.5 Å². The number of hydrogen-bond acceptors (Lipinski definition) is 2. The van der Waals surface area contributed by atoms with E-state index in [1.165, 1.54) is 6.42 Å². The van der Waals surface area contributed by atoms with Gasteiger partial charge in [0.1, 0.15) is 0 Å². The van der Waals surface area contributed by atoms with Crippen LogP contribution in [0.1, 0.15) is 54.9 Å². The van der Waals surface area contributed by atoms with Crippen LogP contribution < -0.4 is 11.1 Å². The van der Waals surface area contributed by atoms with Gasteiger partial charge in [0, 0.05) is 5.56 Å². The second-order valence-electron chi connectivity index (χ2n) is 6.07. The normalized spacial score (nSPS) is 25.3. The largest absolute Gasteiger partial charge is 0.391 e. The van der Waals surface area contributed by atoms with Gasteiger partial charge < -0.3 is 11.1 Å². The summed E-state index contributed by atoms with van der Waals surface area (Å²) in [6.07, 6.45) is 5.01. The number of aryl methyl sites for hydroxylation is 1. The Kier molecular flexibility index (Phi) is 4.99. The fourth-order valence-electron chi connectivity index (χ4n) is 3.12. The highest BCUT2D eigenvalue weighted by Crippen LogP contribution is 2.34. The van der Waals surface area contributed by atoms with Crippen molar-refractivity contribution in [2.75, 3.05) is 0 Å². The van der Waals surface area contributed by atoms with Crippen LogP contribution in [-0.4, -0.2) is 16.4 Å².